The summed E-state index contributed by atoms with van der Waals surface area (Å²) in [6, 6.07) is 10.4. The molecule has 1 saturated carbocycles. The molecule has 1 aliphatic carbocycles. The van der Waals surface area contributed by atoms with Gasteiger partial charge in [-0.05, 0) is 37.9 Å². The third kappa shape index (κ3) is 3.47. The second kappa shape index (κ2) is 6.63. The zero-order valence-electron chi connectivity index (χ0n) is 13.0. The molecule has 21 heavy (non-hydrogen) atoms. The first-order chi connectivity index (χ1) is 10.3. The lowest BCUT2D eigenvalue weighted by atomic mass is 9.89. The van der Waals surface area contributed by atoms with Crippen LogP contribution in [0.25, 0.3) is 11.0 Å². The monoisotopic (exact) mass is 287 g/mol. The van der Waals surface area contributed by atoms with Gasteiger partial charge in [0, 0.05) is 5.39 Å². The quantitative estimate of drug-likeness (QED) is 0.891. The Morgan fingerprint density at radius 2 is 2.19 bits per heavy atom. The maximum Gasteiger partial charge on any atom is 0.134 e. The molecule has 0 radical (unpaired) electrons. The highest BCUT2D eigenvalue weighted by Gasteiger charge is 2.22. The van der Waals surface area contributed by atoms with Crippen LogP contribution in [-0.4, -0.2) is 19.8 Å². The van der Waals surface area contributed by atoms with Crippen LogP contribution in [0.5, 0.6) is 0 Å². The zero-order chi connectivity index (χ0) is 14.7. The maximum absolute atomic E-state index is 6.13. The van der Waals surface area contributed by atoms with Crippen molar-refractivity contribution in [1.82, 2.24) is 5.32 Å². The highest BCUT2D eigenvalue weighted by Crippen LogP contribution is 2.28. The molecule has 1 heterocycles. The summed E-state index contributed by atoms with van der Waals surface area (Å²) in [5.41, 5.74) is 0.944. The molecule has 3 atom stereocenters. The Bertz CT molecular complexity index is 544. The minimum Gasteiger partial charge on any atom is -0.459 e. The van der Waals surface area contributed by atoms with Gasteiger partial charge in [0.2, 0.25) is 0 Å². The van der Waals surface area contributed by atoms with Crippen LogP contribution >= 0.6 is 0 Å². The number of furan rings is 1. The van der Waals surface area contributed by atoms with E-state index in [1.54, 1.807) is 0 Å². The third-order valence-electron chi connectivity index (χ3n) is 4.52. The van der Waals surface area contributed by atoms with E-state index in [0.29, 0.717) is 12.7 Å². The van der Waals surface area contributed by atoms with Crippen molar-refractivity contribution in [2.75, 3.05) is 13.7 Å². The van der Waals surface area contributed by atoms with Gasteiger partial charge >= 0.3 is 0 Å². The summed E-state index contributed by atoms with van der Waals surface area (Å²) in [7, 11) is 1.96. The van der Waals surface area contributed by atoms with Gasteiger partial charge in [0.1, 0.15) is 11.3 Å². The molecule has 2 aromatic rings. The Balaban J connectivity index is 1.64. The van der Waals surface area contributed by atoms with E-state index in [-0.39, 0.29) is 6.04 Å². The Morgan fingerprint density at radius 1 is 1.33 bits per heavy atom. The summed E-state index contributed by atoms with van der Waals surface area (Å²) < 4.78 is 12.1. The lowest BCUT2D eigenvalue weighted by Crippen LogP contribution is -2.27. The first-order valence-corrected chi connectivity index (χ1v) is 8.03. The number of rotatable bonds is 5. The molecule has 3 unspecified atom stereocenters. The number of fused-ring (bicyclic) bond motifs is 1. The Labute approximate surface area is 126 Å². The largest absolute Gasteiger partial charge is 0.459 e. The highest BCUT2D eigenvalue weighted by molar-refractivity contribution is 5.77. The van der Waals surface area contributed by atoms with Crippen molar-refractivity contribution in [2.45, 2.75) is 44.8 Å². The van der Waals surface area contributed by atoms with Gasteiger partial charge in [0.15, 0.2) is 0 Å². The highest BCUT2D eigenvalue weighted by atomic mass is 16.5. The Kier molecular flexibility index (Phi) is 4.61. The molecule has 1 N–H and O–H groups in total. The van der Waals surface area contributed by atoms with E-state index in [9.17, 15) is 0 Å². The molecule has 1 aromatic heterocycles. The Hall–Kier alpha value is -1.32. The molecule has 114 valence electrons. The van der Waals surface area contributed by atoms with Crippen molar-refractivity contribution >= 4 is 11.0 Å². The molecular weight excluding hydrogens is 262 g/mol. The fraction of sp³-hybridized carbons (Fsp3) is 0.556. The van der Waals surface area contributed by atoms with Crippen LogP contribution in [0.1, 0.15) is 44.4 Å². The summed E-state index contributed by atoms with van der Waals surface area (Å²) in [6.07, 6.45) is 5.44. The molecule has 0 aliphatic heterocycles. The van der Waals surface area contributed by atoms with Gasteiger partial charge in [-0.2, -0.15) is 0 Å². The summed E-state index contributed by atoms with van der Waals surface area (Å²) in [5.74, 6) is 1.76. The summed E-state index contributed by atoms with van der Waals surface area (Å²) >= 11 is 0. The first-order valence-electron chi connectivity index (χ1n) is 8.03. The summed E-state index contributed by atoms with van der Waals surface area (Å²) in [4.78, 5) is 0. The SMILES string of the molecule is CNC(COC1CCCC(C)C1)c1cc2ccccc2o1. The van der Waals surface area contributed by atoms with Crippen molar-refractivity contribution in [1.29, 1.82) is 0 Å². The van der Waals surface area contributed by atoms with Crippen molar-refractivity contribution in [3.63, 3.8) is 0 Å². The van der Waals surface area contributed by atoms with Gasteiger partial charge in [0.25, 0.3) is 0 Å². The normalized spacial score (nSPS) is 24.3. The summed E-state index contributed by atoms with van der Waals surface area (Å²) in [6.45, 7) is 3.00. The predicted octanol–water partition coefficient (Wildman–Crippen LogP) is 4.29. The van der Waals surface area contributed by atoms with Gasteiger partial charge < -0.3 is 14.5 Å². The van der Waals surface area contributed by atoms with Crippen LogP contribution < -0.4 is 5.32 Å². The number of ether oxygens (including phenoxy) is 1. The van der Waals surface area contributed by atoms with Gasteiger partial charge in [-0.15, -0.1) is 0 Å². The van der Waals surface area contributed by atoms with Gasteiger partial charge in [0.05, 0.1) is 18.8 Å². The van der Waals surface area contributed by atoms with E-state index in [2.05, 4.69) is 24.4 Å². The van der Waals surface area contributed by atoms with Gasteiger partial charge in [-0.25, -0.2) is 0 Å². The molecule has 0 bridgehead atoms. The second-order valence-electron chi connectivity index (χ2n) is 6.25. The molecule has 0 amide bonds. The van der Waals surface area contributed by atoms with E-state index < -0.39 is 0 Å². The van der Waals surface area contributed by atoms with Gasteiger partial charge in [-0.3, -0.25) is 0 Å². The molecule has 3 heteroatoms. The number of benzene rings is 1. The lowest BCUT2D eigenvalue weighted by Gasteiger charge is -2.28. The average molecular weight is 287 g/mol. The van der Waals surface area contributed by atoms with E-state index in [1.165, 1.54) is 25.7 Å². The van der Waals surface area contributed by atoms with Crippen molar-refractivity contribution in [3.8, 4) is 0 Å². The van der Waals surface area contributed by atoms with Gasteiger partial charge in [-0.1, -0.05) is 38.0 Å². The standard InChI is InChI=1S/C18H25NO2/c1-13-6-5-8-15(10-13)20-12-16(19-2)18-11-14-7-3-4-9-17(14)21-18/h3-4,7,9,11,13,15-16,19H,5-6,8,10,12H2,1-2H3. The average Bonchev–Trinajstić information content (AvgIpc) is 2.91. The molecule has 1 fully saturated rings. The fourth-order valence-electron chi connectivity index (χ4n) is 3.24. The zero-order valence-corrected chi connectivity index (χ0v) is 13.0. The number of hydrogen-bond acceptors (Lipinski definition) is 3. The van der Waals surface area contributed by atoms with Crippen molar-refractivity contribution in [3.05, 3.63) is 36.1 Å². The molecule has 3 rings (SSSR count). The van der Waals surface area contributed by atoms with Crippen LogP contribution in [0.2, 0.25) is 0 Å². The number of nitrogens with one attached hydrogen (secondary N) is 1. The minimum absolute atomic E-state index is 0.120. The molecular formula is C18H25NO2. The number of para-hydroxylation sites is 1. The second-order valence-corrected chi connectivity index (χ2v) is 6.25. The van der Waals surface area contributed by atoms with Crippen molar-refractivity contribution < 1.29 is 9.15 Å². The van der Waals surface area contributed by atoms with Crippen molar-refractivity contribution in [2.24, 2.45) is 5.92 Å². The van der Waals surface area contributed by atoms with Crippen LogP contribution in [0.15, 0.2) is 34.7 Å². The summed E-state index contributed by atoms with van der Waals surface area (Å²) in [5, 5.41) is 4.46. The number of hydrogen-bond donors (Lipinski definition) is 1. The fourth-order valence-corrected chi connectivity index (χ4v) is 3.24. The maximum atomic E-state index is 6.13. The molecule has 1 aromatic carbocycles. The van der Waals surface area contributed by atoms with E-state index in [4.69, 9.17) is 9.15 Å². The third-order valence-corrected chi connectivity index (χ3v) is 4.52. The Morgan fingerprint density at radius 3 is 2.95 bits per heavy atom. The smallest absolute Gasteiger partial charge is 0.134 e. The molecule has 0 spiro atoms. The topological polar surface area (TPSA) is 34.4 Å². The van der Waals surface area contributed by atoms with Crippen LogP contribution in [0, 0.1) is 5.92 Å². The first kappa shape index (κ1) is 14.6. The van der Waals surface area contributed by atoms with Crippen LogP contribution in [0.4, 0.5) is 0 Å². The molecule has 0 saturated heterocycles. The predicted molar refractivity (Wildman–Crippen MR) is 85.4 cm³/mol. The van der Waals surface area contributed by atoms with E-state index in [0.717, 1.165) is 22.6 Å². The van der Waals surface area contributed by atoms with Crippen LogP contribution in [0.3, 0.4) is 0 Å². The molecule has 3 nitrogen and oxygen atoms in total. The minimum atomic E-state index is 0.120. The lowest BCUT2D eigenvalue weighted by molar-refractivity contribution is 0.00260. The van der Waals surface area contributed by atoms with E-state index in [1.807, 2.05) is 25.2 Å². The number of likely N-dealkylation sites (N-methyl/N-ethyl adjacent to an activating group) is 1. The molecule has 1 aliphatic rings. The van der Waals surface area contributed by atoms with E-state index >= 15 is 0 Å². The van der Waals surface area contributed by atoms with Crippen LogP contribution in [-0.2, 0) is 4.74 Å².